The summed E-state index contributed by atoms with van der Waals surface area (Å²) in [6.07, 6.45) is 1.42. The van der Waals surface area contributed by atoms with Gasteiger partial charge in [0, 0.05) is 32.3 Å². The highest BCUT2D eigenvalue weighted by Gasteiger charge is 2.42. The van der Waals surface area contributed by atoms with Crippen LogP contribution in [0.4, 0.5) is 0 Å². The lowest BCUT2D eigenvalue weighted by atomic mass is 10.0. The van der Waals surface area contributed by atoms with Gasteiger partial charge in [0.25, 0.3) is 0 Å². The van der Waals surface area contributed by atoms with E-state index in [4.69, 9.17) is 9.47 Å². The van der Waals surface area contributed by atoms with E-state index in [1.54, 1.807) is 40.4 Å². The van der Waals surface area contributed by atoms with Gasteiger partial charge in [0.15, 0.2) is 5.25 Å². The number of hydrogen-bond acceptors (Lipinski definition) is 5. The first-order chi connectivity index (χ1) is 11.7. The minimum atomic E-state index is -3.77. The van der Waals surface area contributed by atoms with E-state index in [1.807, 2.05) is 6.07 Å². The zero-order valence-corrected chi connectivity index (χ0v) is 16.2. The molecule has 140 valence electrons. The quantitative estimate of drug-likeness (QED) is 0.761. The van der Waals surface area contributed by atoms with E-state index in [2.05, 4.69) is 0 Å². The van der Waals surface area contributed by atoms with Crippen molar-refractivity contribution in [3.05, 3.63) is 23.8 Å². The zero-order chi connectivity index (χ0) is 18.8. The Bertz CT molecular complexity index is 733. The highest BCUT2D eigenvalue weighted by Crippen LogP contribution is 2.40. The van der Waals surface area contributed by atoms with Crippen molar-refractivity contribution in [3.63, 3.8) is 0 Å². The summed E-state index contributed by atoms with van der Waals surface area (Å²) in [4.78, 5) is 13.5. The number of carbonyl (C=O) groups excluding carboxylic acids is 1. The van der Waals surface area contributed by atoms with Crippen molar-refractivity contribution in [2.75, 3.05) is 34.9 Å². The molecule has 0 aromatic heterocycles. The van der Waals surface area contributed by atoms with Crippen LogP contribution in [-0.4, -0.2) is 63.6 Å². The van der Waals surface area contributed by atoms with Crippen LogP contribution < -0.4 is 9.47 Å². The molecule has 1 aliphatic heterocycles. The molecule has 8 heteroatoms. The van der Waals surface area contributed by atoms with Crippen LogP contribution in [0.25, 0.3) is 0 Å². The van der Waals surface area contributed by atoms with Crippen LogP contribution in [-0.2, 0) is 14.8 Å². The maximum atomic E-state index is 13.0. The fourth-order valence-corrected chi connectivity index (χ4v) is 4.97. The molecule has 0 unspecified atom stereocenters. The lowest BCUT2D eigenvalue weighted by molar-refractivity contribution is -0.128. The fraction of sp³-hybridized carbons (Fsp3) is 0.588. The smallest absolute Gasteiger partial charge is 0.241 e. The number of benzene rings is 1. The minimum Gasteiger partial charge on any atom is -0.497 e. The Hall–Kier alpha value is -1.80. The summed E-state index contributed by atoms with van der Waals surface area (Å²) in [5.74, 6) is 0.801. The number of amides is 1. The molecule has 0 bridgehead atoms. The Labute approximate surface area is 149 Å². The molecule has 1 heterocycles. The van der Waals surface area contributed by atoms with E-state index >= 15 is 0 Å². The van der Waals surface area contributed by atoms with E-state index in [0.29, 0.717) is 24.5 Å². The monoisotopic (exact) mass is 370 g/mol. The second-order valence-electron chi connectivity index (χ2n) is 6.30. The Morgan fingerprint density at radius 2 is 1.96 bits per heavy atom. The predicted octanol–water partition coefficient (Wildman–Crippen LogP) is 1.65. The number of sulfonamides is 1. The Morgan fingerprint density at radius 3 is 2.52 bits per heavy atom. The van der Waals surface area contributed by atoms with Crippen LogP contribution in [0.3, 0.4) is 0 Å². The molecular weight excluding hydrogens is 344 g/mol. The molecule has 0 N–H and O–H groups in total. The third-order valence-electron chi connectivity index (χ3n) is 4.57. The fourth-order valence-electron chi connectivity index (χ4n) is 3.14. The van der Waals surface area contributed by atoms with E-state index in [1.165, 1.54) is 16.1 Å². The highest BCUT2D eigenvalue weighted by molar-refractivity contribution is 7.90. The van der Waals surface area contributed by atoms with Crippen molar-refractivity contribution >= 4 is 15.9 Å². The van der Waals surface area contributed by atoms with Gasteiger partial charge >= 0.3 is 0 Å². The molecule has 1 saturated heterocycles. The number of ether oxygens (including phenoxy) is 2. The van der Waals surface area contributed by atoms with Gasteiger partial charge in [-0.15, -0.1) is 0 Å². The van der Waals surface area contributed by atoms with Gasteiger partial charge in [0.2, 0.25) is 15.9 Å². The molecule has 0 saturated carbocycles. The lowest BCUT2D eigenvalue weighted by Crippen LogP contribution is -2.44. The number of hydrogen-bond donors (Lipinski definition) is 0. The van der Waals surface area contributed by atoms with Crippen LogP contribution in [0.5, 0.6) is 11.5 Å². The van der Waals surface area contributed by atoms with Crippen molar-refractivity contribution in [2.24, 2.45) is 0 Å². The summed E-state index contributed by atoms with van der Waals surface area (Å²) in [7, 11) is 2.46. The Morgan fingerprint density at radius 1 is 1.28 bits per heavy atom. The summed E-state index contributed by atoms with van der Waals surface area (Å²) in [6, 6.07) is 5.01. The number of nitrogens with zero attached hydrogens (tertiary/aromatic N) is 2. The van der Waals surface area contributed by atoms with Crippen molar-refractivity contribution in [3.8, 4) is 11.5 Å². The van der Waals surface area contributed by atoms with Crippen molar-refractivity contribution in [2.45, 2.75) is 31.1 Å². The summed E-state index contributed by atoms with van der Waals surface area (Å²) >= 11 is 0. The molecule has 0 radical (unpaired) electrons. The summed E-state index contributed by atoms with van der Waals surface area (Å²) in [5.41, 5.74) is 0.786. The van der Waals surface area contributed by atoms with Gasteiger partial charge in [0.05, 0.1) is 20.3 Å². The molecule has 1 aromatic carbocycles. The second-order valence-corrected chi connectivity index (χ2v) is 8.50. The van der Waals surface area contributed by atoms with E-state index in [0.717, 1.165) is 12.0 Å². The van der Waals surface area contributed by atoms with Crippen LogP contribution in [0, 0.1) is 0 Å². The largest absolute Gasteiger partial charge is 0.497 e. The number of methoxy groups -OCH3 is 2. The first-order valence-electron chi connectivity index (χ1n) is 8.17. The molecule has 0 aliphatic carbocycles. The van der Waals surface area contributed by atoms with E-state index in [-0.39, 0.29) is 6.04 Å². The summed E-state index contributed by atoms with van der Waals surface area (Å²) in [6.45, 7) is 1.84. The summed E-state index contributed by atoms with van der Waals surface area (Å²) < 4.78 is 38.1. The maximum absolute atomic E-state index is 13.0. The lowest BCUT2D eigenvalue weighted by Gasteiger charge is -2.29. The van der Waals surface area contributed by atoms with Crippen molar-refractivity contribution in [1.29, 1.82) is 0 Å². The van der Waals surface area contributed by atoms with Crippen LogP contribution in [0.15, 0.2) is 18.2 Å². The molecule has 1 aromatic rings. The SMILES string of the molecule is COc1ccc([C@@H]2CCCN2S(=O)(=O)[C@@H](C)C(=O)N(C)C)c(OC)c1. The first-order valence-corrected chi connectivity index (χ1v) is 9.68. The molecule has 1 aliphatic rings. The van der Waals surface area contributed by atoms with Gasteiger partial charge in [0.1, 0.15) is 11.5 Å². The zero-order valence-electron chi connectivity index (χ0n) is 15.4. The van der Waals surface area contributed by atoms with Gasteiger partial charge in [-0.1, -0.05) is 6.07 Å². The van der Waals surface area contributed by atoms with Crippen LogP contribution in [0.1, 0.15) is 31.4 Å². The number of carbonyl (C=O) groups is 1. The first kappa shape index (κ1) is 19.5. The van der Waals surface area contributed by atoms with Gasteiger partial charge in [-0.2, -0.15) is 4.31 Å². The molecule has 0 spiro atoms. The highest BCUT2D eigenvalue weighted by atomic mass is 32.2. The third kappa shape index (κ3) is 3.74. The molecule has 7 nitrogen and oxygen atoms in total. The van der Waals surface area contributed by atoms with Crippen molar-refractivity contribution in [1.82, 2.24) is 9.21 Å². The average molecular weight is 370 g/mol. The topological polar surface area (TPSA) is 76.2 Å². The molecule has 2 rings (SSSR count). The van der Waals surface area contributed by atoms with Gasteiger partial charge in [-0.05, 0) is 25.8 Å². The Kier molecular flexibility index (Phi) is 5.95. The summed E-state index contributed by atoms with van der Waals surface area (Å²) in [5, 5.41) is -1.12. The van der Waals surface area contributed by atoms with Crippen molar-refractivity contribution < 1.29 is 22.7 Å². The minimum absolute atomic E-state index is 0.344. The maximum Gasteiger partial charge on any atom is 0.241 e. The Balaban J connectivity index is 2.39. The second kappa shape index (κ2) is 7.61. The third-order valence-corrected chi connectivity index (χ3v) is 6.75. The molecule has 25 heavy (non-hydrogen) atoms. The van der Waals surface area contributed by atoms with Gasteiger partial charge in [-0.3, -0.25) is 4.79 Å². The van der Waals surface area contributed by atoms with Gasteiger partial charge in [-0.25, -0.2) is 8.42 Å². The van der Waals surface area contributed by atoms with Crippen LogP contribution >= 0.6 is 0 Å². The molecule has 2 atom stereocenters. The molecular formula is C17H26N2O5S. The van der Waals surface area contributed by atoms with E-state index < -0.39 is 21.2 Å². The molecule has 1 fully saturated rings. The number of rotatable bonds is 6. The average Bonchev–Trinajstić information content (AvgIpc) is 3.09. The standard InChI is InChI=1S/C17H26N2O5S/c1-12(17(20)18(2)3)25(21,22)19-10-6-7-15(19)14-9-8-13(23-4)11-16(14)24-5/h8-9,11-12,15H,6-7,10H2,1-5H3/t12-,15-/m0/s1. The van der Waals surface area contributed by atoms with Crippen LogP contribution in [0.2, 0.25) is 0 Å². The normalized spacial score (nSPS) is 19.5. The van der Waals surface area contributed by atoms with E-state index in [9.17, 15) is 13.2 Å². The van der Waals surface area contributed by atoms with Gasteiger partial charge < -0.3 is 14.4 Å². The predicted molar refractivity (Wildman–Crippen MR) is 95.3 cm³/mol. The molecule has 1 amide bonds.